The van der Waals surface area contributed by atoms with Crippen molar-refractivity contribution in [2.24, 2.45) is 0 Å². The fourth-order valence-electron chi connectivity index (χ4n) is 2.74. The lowest BCUT2D eigenvalue weighted by Gasteiger charge is -2.07. The van der Waals surface area contributed by atoms with Gasteiger partial charge in [-0.1, -0.05) is 33.3 Å². The minimum absolute atomic E-state index is 0.0759. The van der Waals surface area contributed by atoms with Gasteiger partial charge in [-0.25, -0.2) is 13.1 Å². The Kier molecular flexibility index (Phi) is 9.10. The Bertz CT molecular complexity index is 1250. The normalized spacial score (nSPS) is 11.1. The van der Waals surface area contributed by atoms with E-state index >= 15 is 0 Å². The molecule has 0 radical (unpaired) electrons. The van der Waals surface area contributed by atoms with Crippen LogP contribution in [0.1, 0.15) is 21.8 Å². The first-order valence-corrected chi connectivity index (χ1v) is 13.2. The van der Waals surface area contributed by atoms with Gasteiger partial charge in [0.1, 0.15) is 10.8 Å². The molecule has 0 fully saturated rings. The number of anilines is 1. The van der Waals surface area contributed by atoms with E-state index in [0.717, 1.165) is 4.47 Å². The molecular formula is C21H22BrN5O5S2. The lowest BCUT2D eigenvalue weighted by atomic mass is 10.2. The van der Waals surface area contributed by atoms with Gasteiger partial charge in [0.05, 0.1) is 12.0 Å². The van der Waals surface area contributed by atoms with Crippen molar-refractivity contribution in [3.8, 4) is 5.75 Å². The molecule has 34 heavy (non-hydrogen) atoms. The Morgan fingerprint density at radius 1 is 1.09 bits per heavy atom. The van der Waals surface area contributed by atoms with Crippen LogP contribution in [0.25, 0.3) is 0 Å². The first kappa shape index (κ1) is 25.7. The first-order chi connectivity index (χ1) is 16.3. The van der Waals surface area contributed by atoms with Crippen LogP contribution in [0.2, 0.25) is 0 Å². The van der Waals surface area contributed by atoms with Gasteiger partial charge in [-0.15, -0.1) is 10.2 Å². The number of ether oxygens (including phenoxy) is 1. The number of sulfonamides is 1. The predicted octanol–water partition coefficient (Wildman–Crippen LogP) is 2.59. The Balaban J connectivity index is 1.40. The molecule has 0 unspecified atom stereocenters. The van der Waals surface area contributed by atoms with E-state index in [1.165, 1.54) is 30.6 Å². The van der Waals surface area contributed by atoms with Gasteiger partial charge in [-0.05, 0) is 42.5 Å². The first-order valence-electron chi connectivity index (χ1n) is 10.1. The molecule has 0 aliphatic heterocycles. The smallest absolute Gasteiger partial charge is 0.251 e. The molecular weight excluding hydrogens is 546 g/mol. The van der Waals surface area contributed by atoms with Crippen molar-refractivity contribution in [3.63, 3.8) is 0 Å². The molecule has 0 saturated heterocycles. The number of nitrogens with one attached hydrogen (secondary N) is 3. The third kappa shape index (κ3) is 7.58. The van der Waals surface area contributed by atoms with Crippen LogP contribution in [-0.4, -0.2) is 50.6 Å². The van der Waals surface area contributed by atoms with Gasteiger partial charge in [-0.3, -0.25) is 9.59 Å². The van der Waals surface area contributed by atoms with Crippen LogP contribution in [0.15, 0.2) is 57.9 Å². The molecule has 13 heteroatoms. The van der Waals surface area contributed by atoms with Crippen LogP contribution < -0.4 is 20.1 Å². The predicted molar refractivity (Wildman–Crippen MR) is 132 cm³/mol. The number of carbonyl (C=O) groups excluding carboxylic acids is 2. The number of aromatic nitrogens is 2. The molecule has 0 atom stereocenters. The molecule has 0 aliphatic carbocycles. The van der Waals surface area contributed by atoms with Gasteiger partial charge < -0.3 is 15.4 Å². The van der Waals surface area contributed by atoms with Gasteiger partial charge in [0.25, 0.3) is 5.91 Å². The van der Waals surface area contributed by atoms with Gasteiger partial charge in [0.2, 0.25) is 21.1 Å². The molecule has 0 saturated carbocycles. The van der Waals surface area contributed by atoms with Crippen LogP contribution in [0.3, 0.4) is 0 Å². The molecule has 2 amide bonds. The third-order valence-corrected chi connectivity index (χ3v) is 7.31. The Labute approximate surface area is 209 Å². The quantitative estimate of drug-likeness (QED) is 0.323. The van der Waals surface area contributed by atoms with E-state index in [-0.39, 0.29) is 23.8 Å². The maximum atomic E-state index is 12.3. The summed E-state index contributed by atoms with van der Waals surface area (Å²) in [5.41, 5.74) is 0.544. The summed E-state index contributed by atoms with van der Waals surface area (Å²) in [6, 6.07) is 13.0. The SMILES string of the molecule is COc1ccc(S(=O)(=O)NCCC(=O)Nc2nnc(CCNC(=O)c3cccc(Br)c3)s2)cc1. The van der Waals surface area contributed by atoms with E-state index in [1.807, 2.05) is 6.07 Å². The zero-order valence-corrected chi connectivity index (χ0v) is 21.3. The Morgan fingerprint density at radius 2 is 1.85 bits per heavy atom. The van der Waals surface area contributed by atoms with E-state index in [0.29, 0.717) is 34.4 Å². The van der Waals surface area contributed by atoms with E-state index in [2.05, 4.69) is 41.5 Å². The molecule has 3 rings (SSSR count). The maximum Gasteiger partial charge on any atom is 0.251 e. The molecule has 2 aromatic carbocycles. The molecule has 0 aliphatic rings. The number of hydrogen-bond donors (Lipinski definition) is 3. The van der Waals surface area contributed by atoms with E-state index in [1.54, 1.807) is 30.3 Å². The van der Waals surface area contributed by atoms with Crippen molar-refractivity contribution in [2.45, 2.75) is 17.7 Å². The number of nitrogens with zero attached hydrogens (tertiary/aromatic N) is 2. The lowest BCUT2D eigenvalue weighted by Crippen LogP contribution is -2.27. The molecule has 3 N–H and O–H groups in total. The third-order valence-electron chi connectivity index (χ3n) is 4.44. The second-order valence-corrected chi connectivity index (χ2v) is 10.6. The number of rotatable bonds is 11. The summed E-state index contributed by atoms with van der Waals surface area (Å²) < 4.78 is 32.8. The minimum Gasteiger partial charge on any atom is -0.497 e. The Morgan fingerprint density at radius 3 is 2.56 bits per heavy atom. The summed E-state index contributed by atoms with van der Waals surface area (Å²) in [5.74, 6) is -0.0545. The number of carbonyl (C=O) groups is 2. The molecule has 180 valence electrons. The number of amides is 2. The standard InChI is InChI=1S/C21H22BrN5O5S2/c1-32-16-5-7-17(8-6-16)34(30,31)24-12-9-18(28)25-21-27-26-19(33-21)10-11-23-20(29)14-3-2-4-15(22)13-14/h2-8,13,24H,9-12H2,1H3,(H,23,29)(H,25,27,28). The van der Waals surface area contributed by atoms with Gasteiger partial charge in [0.15, 0.2) is 0 Å². The van der Waals surface area contributed by atoms with Crippen LogP contribution in [0, 0.1) is 0 Å². The summed E-state index contributed by atoms with van der Waals surface area (Å²) in [6.45, 7) is 0.286. The lowest BCUT2D eigenvalue weighted by molar-refractivity contribution is -0.116. The highest BCUT2D eigenvalue weighted by molar-refractivity contribution is 9.10. The summed E-state index contributed by atoms with van der Waals surface area (Å²) in [7, 11) is -2.25. The topological polar surface area (TPSA) is 139 Å². The van der Waals surface area contributed by atoms with Crippen LogP contribution in [-0.2, 0) is 21.2 Å². The molecule has 3 aromatic rings. The number of hydrogen-bond acceptors (Lipinski definition) is 8. The van der Waals surface area contributed by atoms with E-state index in [9.17, 15) is 18.0 Å². The monoisotopic (exact) mass is 567 g/mol. The van der Waals surface area contributed by atoms with Gasteiger partial charge >= 0.3 is 0 Å². The second kappa shape index (κ2) is 12.0. The van der Waals surface area contributed by atoms with Crippen LogP contribution in [0.4, 0.5) is 5.13 Å². The highest BCUT2D eigenvalue weighted by atomic mass is 79.9. The number of halogens is 1. The second-order valence-electron chi connectivity index (χ2n) is 6.89. The van der Waals surface area contributed by atoms with E-state index in [4.69, 9.17) is 4.74 Å². The highest BCUT2D eigenvalue weighted by Gasteiger charge is 2.15. The summed E-state index contributed by atoms with van der Waals surface area (Å²) >= 11 is 4.52. The summed E-state index contributed by atoms with van der Waals surface area (Å²) in [5, 5.41) is 14.3. The van der Waals surface area contributed by atoms with Crippen molar-refractivity contribution in [3.05, 3.63) is 63.6 Å². The van der Waals surface area contributed by atoms with Gasteiger partial charge in [0, 0.05) is 36.0 Å². The molecule has 0 bridgehead atoms. The van der Waals surface area contributed by atoms with Crippen molar-refractivity contribution >= 4 is 54.2 Å². The number of benzene rings is 2. The van der Waals surface area contributed by atoms with Crippen LogP contribution >= 0.6 is 27.3 Å². The molecule has 1 aromatic heterocycles. The van der Waals surface area contributed by atoms with Crippen LogP contribution in [0.5, 0.6) is 5.75 Å². The summed E-state index contributed by atoms with van der Waals surface area (Å²) in [4.78, 5) is 24.4. The molecule has 1 heterocycles. The largest absolute Gasteiger partial charge is 0.497 e. The molecule has 10 nitrogen and oxygen atoms in total. The fourth-order valence-corrected chi connectivity index (χ4v) is 4.93. The zero-order valence-electron chi connectivity index (χ0n) is 18.1. The van der Waals surface area contributed by atoms with Crippen molar-refractivity contribution in [1.82, 2.24) is 20.2 Å². The average molecular weight is 568 g/mol. The highest BCUT2D eigenvalue weighted by Crippen LogP contribution is 2.17. The average Bonchev–Trinajstić information content (AvgIpc) is 3.25. The minimum atomic E-state index is -3.74. The van der Waals surface area contributed by atoms with Gasteiger partial charge in [-0.2, -0.15) is 0 Å². The van der Waals surface area contributed by atoms with Crippen molar-refractivity contribution in [1.29, 1.82) is 0 Å². The maximum absolute atomic E-state index is 12.3. The number of methoxy groups -OCH3 is 1. The Hall–Kier alpha value is -2.87. The fraction of sp³-hybridized carbons (Fsp3) is 0.238. The zero-order chi connectivity index (χ0) is 24.6. The van der Waals surface area contributed by atoms with Crippen molar-refractivity contribution in [2.75, 3.05) is 25.5 Å². The van der Waals surface area contributed by atoms with E-state index < -0.39 is 15.9 Å². The van der Waals surface area contributed by atoms with Crippen molar-refractivity contribution < 1.29 is 22.7 Å². The summed E-state index contributed by atoms with van der Waals surface area (Å²) in [6.07, 6.45) is 0.377. The molecule has 0 spiro atoms.